The summed E-state index contributed by atoms with van der Waals surface area (Å²) in [5, 5.41) is 2.85. The maximum atomic E-state index is 12.7. The lowest BCUT2D eigenvalue weighted by Gasteiger charge is -2.13. The van der Waals surface area contributed by atoms with Crippen LogP contribution in [0.1, 0.15) is 23.2 Å². The first-order valence-corrected chi connectivity index (χ1v) is 12.2. The molecule has 1 fully saturated rings. The fraction of sp³-hybridized carbons (Fsp3) is 0.227. The van der Waals surface area contributed by atoms with Crippen LogP contribution in [-0.2, 0) is 10.0 Å². The molecule has 9 heteroatoms. The van der Waals surface area contributed by atoms with E-state index >= 15 is 0 Å². The van der Waals surface area contributed by atoms with Crippen LogP contribution in [0.15, 0.2) is 58.8 Å². The number of ether oxygens (including phenoxy) is 2. The van der Waals surface area contributed by atoms with Crippen LogP contribution in [0.2, 0.25) is 0 Å². The average molecular weight is 457 g/mol. The Labute approximate surface area is 184 Å². The van der Waals surface area contributed by atoms with Crippen molar-refractivity contribution in [3.8, 4) is 21.9 Å². The lowest BCUT2D eigenvalue weighted by atomic mass is 10.1. The van der Waals surface area contributed by atoms with Crippen LogP contribution in [0.4, 0.5) is 5.69 Å². The van der Waals surface area contributed by atoms with Gasteiger partial charge in [0.25, 0.3) is 15.9 Å². The Morgan fingerprint density at radius 2 is 1.68 bits per heavy atom. The number of carbonyl (C=O) groups is 1. The molecule has 0 unspecified atom stereocenters. The van der Waals surface area contributed by atoms with Crippen molar-refractivity contribution in [1.29, 1.82) is 0 Å². The zero-order valence-corrected chi connectivity index (χ0v) is 18.2. The molecule has 0 atom stereocenters. The first-order valence-electron chi connectivity index (χ1n) is 9.92. The molecule has 3 heterocycles. The van der Waals surface area contributed by atoms with Gasteiger partial charge in [0.05, 0.1) is 0 Å². The van der Waals surface area contributed by atoms with Crippen LogP contribution in [-0.4, -0.2) is 38.5 Å². The highest BCUT2D eigenvalue weighted by molar-refractivity contribution is 7.91. The number of thiophene rings is 1. The van der Waals surface area contributed by atoms with Crippen molar-refractivity contribution in [2.45, 2.75) is 17.1 Å². The number of hydrogen-bond acceptors (Lipinski definition) is 6. The van der Waals surface area contributed by atoms with E-state index in [9.17, 15) is 13.2 Å². The highest BCUT2D eigenvalue weighted by atomic mass is 32.2. The Hall–Kier alpha value is -2.88. The van der Waals surface area contributed by atoms with E-state index in [0.717, 1.165) is 23.3 Å². The predicted molar refractivity (Wildman–Crippen MR) is 118 cm³/mol. The van der Waals surface area contributed by atoms with E-state index in [-0.39, 0.29) is 12.7 Å². The zero-order chi connectivity index (χ0) is 21.4. The molecule has 5 rings (SSSR count). The number of sulfonamides is 1. The Morgan fingerprint density at radius 1 is 0.935 bits per heavy atom. The van der Waals surface area contributed by atoms with Crippen LogP contribution in [0, 0.1) is 0 Å². The van der Waals surface area contributed by atoms with E-state index in [0.29, 0.717) is 40.0 Å². The molecule has 3 aromatic rings. The van der Waals surface area contributed by atoms with E-state index in [1.807, 2.05) is 18.2 Å². The SMILES string of the molecule is O=C(Nc1ccc2c(c1)OCO2)c1ccc(-c2ccc(S(=O)(=O)N3CCCC3)s2)cc1. The molecule has 0 saturated carbocycles. The molecule has 31 heavy (non-hydrogen) atoms. The van der Waals surface area contributed by atoms with Crippen molar-refractivity contribution in [2.75, 3.05) is 25.2 Å². The molecule has 1 amide bonds. The third kappa shape index (κ3) is 3.91. The summed E-state index contributed by atoms with van der Waals surface area (Å²) >= 11 is 1.25. The van der Waals surface area contributed by atoms with Gasteiger partial charge >= 0.3 is 0 Å². The predicted octanol–water partition coefficient (Wildman–Crippen LogP) is 4.18. The van der Waals surface area contributed by atoms with Crippen molar-refractivity contribution in [1.82, 2.24) is 4.31 Å². The summed E-state index contributed by atoms with van der Waals surface area (Å²) in [5.41, 5.74) is 1.99. The fourth-order valence-corrected chi connectivity index (χ4v) is 6.62. The number of benzene rings is 2. The molecule has 2 aliphatic heterocycles. The summed E-state index contributed by atoms with van der Waals surface area (Å²) in [5.74, 6) is 1.02. The number of carbonyl (C=O) groups excluding carboxylic acids is 1. The smallest absolute Gasteiger partial charge is 0.255 e. The molecule has 160 valence electrons. The molecule has 0 aliphatic carbocycles. The maximum Gasteiger partial charge on any atom is 0.255 e. The first-order chi connectivity index (χ1) is 15.0. The van der Waals surface area contributed by atoms with Crippen molar-refractivity contribution >= 4 is 33.0 Å². The quantitative estimate of drug-likeness (QED) is 0.623. The lowest BCUT2D eigenvalue weighted by molar-refractivity contribution is 0.102. The van der Waals surface area contributed by atoms with Crippen molar-refractivity contribution in [2.24, 2.45) is 0 Å². The largest absolute Gasteiger partial charge is 0.454 e. The number of nitrogens with zero attached hydrogens (tertiary/aromatic N) is 1. The Morgan fingerprint density at radius 3 is 2.45 bits per heavy atom. The molecular weight excluding hydrogens is 436 g/mol. The van der Waals surface area contributed by atoms with Crippen molar-refractivity contribution in [3.05, 3.63) is 60.2 Å². The van der Waals surface area contributed by atoms with E-state index in [2.05, 4.69) is 5.32 Å². The third-order valence-corrected chi connectivity index (χ3v) is 8.80. The van der Waals surface area contributed by atoms with Crippen LogP contribution in [0.5, 0.6) is 11.5 Å². The number of amides is 1. The summed E-state index contributed by atoms with van der Waals surface area (Å²) < 4.78 is 38.0. The second kappa shape index (κ2) is 7.99. The summed E-state index contributed by atoms with van der Waals surface area (Å²) in [6.45, 7) is 1.35. The van der Waals surface area contributed by atoms with Gasteiger partial charge in [-0.2, -0.15) is 4.31 Å². The second-order valence-corrected chi connectivity index (χ2v) is 10.6. The zero-order valence-electron chi connectivity index (χ0n) is 16.5. The molecule has 0 spiro atoms. The number of hydrogen-bond donors (Lipinski definition) is 1. The second-order valence-electron chi connectivity index (χ2n) is 7.33. The normalized spacial score (nSPS) is 15.9. The van der Waals surface area contributed by atoms with Gasteiger partial charge in [-0.15, -0.1) is 11.3 Å². The van der Waals surface area contributed by atoms with Gasteiger partial charge in [-0.05, 0) is 54.8 Å². The molecule has 1 saturated heterocycles. The van der Waals surface area contributed by atoms with Crippen LogP contribution in [0.25, 0.3) is 10.4 Å². The minimum absolute atomic E-state index is 0.179. The number of anilines is 1. The van der Waals surface area contributed by atoms with Gasteiger partial charge in [-0.25, -0.2) is 8.42 Å². The minimum atomic E-state index is -3.42. The molecule has 1 N–H and O–H groups in total. The highest BCUT2D eigenvalue weighted by Gasteiger charge is 2.28. The molecule has 7 nitrogen and oxygen atoms in total. The van der Waals surface area contributed by atoms with E-state index < -0.39 is 10.0 Å². The summed E-state index contributed by atoms with van der Waals surface area (Å²) in [7, 11) is -3.42. The van der Waals surface area contributed by atoms with Gasteiger partial charge < -0.3 is 14.8 Å². The van der Waals surface area contributed by atoms with Crippen LogP contribution in [0.3, 0.4) is 0 Å². The summed E-state index contributed by atoms with van der Waals surface area (Å²) in [4.78, 5) is 13.4. The maximum absolute atomic E-state index is 12.7. The molecule has 1 aromatic heterocycles. The fourth-order valence-electron chi connectivity index (χ4n) is 3.63. The van der Waals surface area contributed by atoms with Crippen molar-refractivity contribution < 1.29 is 22.7 Å². The average Bonchev–Trinajstić information content (AvgIpc) is 3.55. The standard InChI is InChI=1S/C22H20N2O5S2/c25-22(23-17-7-8-18-19(13-17)29-14-28-18)16-5-3-15(4-6-16)20-9-10-21(30-20)31(26,27)24-11-1-2-12-24/h3-10,13H,1-2,11-12,14H2,(H,23,25). The van der Waals surface area contributed by atoms with Gasteiger partial charge in [0.15, 0.2) is 11.5 Å². The number of nitrogens with one attached hydrogen (secondary N) is 1. The van der Waals surface area contributed by atoms with E-state index in [4.69, 9.17) is 9.47 Å². The topological polar surface area (TPSA) is 84.9 Å². The van der Waals surface area contributed by atoms with Crippen LogP contribution >= 0.6 is 11.3 Å². The molecule has 0 radical (unpaired) electrons. The van der Waals surface area contributed by atoms with Crippen molar-refractivity contribution in [3.63, 3.8) is 0 Å². The van der Waals surface area contributed by atoms with Gasteiger partial charge in [0.1, 0.15) is 4.21 Å². The first kappa shape index (κ1) is 20.0. The monoisotopic (exact) mass is 456 g/mol. The molecule has 2 aliphatic rings. The lowest BCUT2D eigenvalue weighted by Crippen LogP contribution is -2.27. The van der Waals surface area contributed by atoms with Crippen LogP contribution < -0.4 is 14.8 Å². The Kier molecular flexibility index (Phi) is 5.17. The highest BCUT2D eigenvalue weighted by Crippen LogP contribution is 2.35. The third-order valence-electron chi connectivity index (χ3n) is 5.30. The Balaban J connectivity index is 1.30. The van der Waals surface area contributed by atoms with E-state index in [1.165, 1.54) is 11.3 Å². The molecule has 0 bridgehead atoms. The van der Waals surface area contributed by atoms with Gasteiger partial charge in [0.2, 0.25) is 6.79 Å². The van der Waals surface area contributed by atoms with E-state index in [1.54, 1.807) is 40.7 Å². The summed E-state index contributed by atoms with van der Waals surface area (Å²) in [6, 6.07) is 15.8. The summed E-state index contributed by atoms with van der Waals surface area (Å²) in [6.07, 6.45) is 1.82. The van der Waals surface area contributed by atoms with Gasteiger partial charge in [-0.3, -0.25) is 4.79 Å². The number of fused-ring (bicyclic) bond motifs is 1. The van der Waals surface area contributed by atoms with Gasteiger partial charge in [-0.1, -0.05) is 12.1 Å². The minimum Gasteiger partial charge on any atom is -0.454 e. The molecular formula is C22H20N2O5S2. The molecule has 2 aromatic carbocycles. The number of rotatable bonds is 5. The Bertz CT molecular complexity index is 1230. The van der Waals surface area contributed by atoms with Gasteiger partial charge in [0, 0.05) is 35.3 Å².